The SMILES string of the molecule is CC(=O)CCCC(=O)NNC(=O)CCCCCO[C@@H]1O[C@@H](C)[C@H](O)[C@@H](O[C@H]2O[C@H](CO)[C@@H](O)[C@H](O[C@H]3O[C@H](CO)[C@H](O)[C@H](O)[C@H]3O[C@@H]3O[C@@H](C)[C@H](O)[C@@H](O)[C@H]3O)[C@H]2NC(C)=O)[C@H]1O. The maximum absolute atomic E-state index is 12.6. The second-order valence-electron chi connectivity index (χ2n) is 16.2. The average Bonchev–Trinajstić information content (AvgIpc) is 3.23. The Morgan fingerprint density at radius 1 is 0.508 bits per heavy atom. The molecule has 0 aliphatic carbocycles. The number of amides is 3. The first kappa shape index (κ1) is 53.0. The Morgan fingerprint density at radius 2 is 1.06 bits per heavy atom. The summed E-state index contributed by atoms with van der Waals surface area (Å²) in [6, 6.07) is -1.57. The van der Waals surface area contributed by atoms with E-state index >= 15 is 0 Å². The number of carbonyl (C=O) groups is 4. The highest BCUT2D eigenvalue weighted by Crippen LogP contribution is 2.35. The van der Waals surface area contributed by atoms with Crippen molar-refractivity contribution < 1.29 is 108 Å². The molecule has 4 aliphatic heterocycles. The number of rotatable bonds is 20. The van der Waals surface area contributed by atoms with Gasteiger partial charge in [-0.05, 0) is 40.0 Å². The van der Waals surface area contributed by atoms with Crippen LogP contribution in [0.25, 0.3) is 0 Å². The Balaban J connectivity index is 1.43. The summed E-state index contributed by atoms with van der Waals surface area (Å²) in [6.07, 6.45) is -29.0. The number of unbranched alkanes of at least 4 members (excludes halogenated alkanes) is 2. The molecule has 4 fully saturated rings. The Morgan fingerprint density at radius 3 is 1.68 bits per heavy atom. The number of aliphatic hydroxyl groups excluding tert-OH is 10. The zero-order valence-corrected chi connectivity index (χ0v) is 35.5. The van der Waals surface area contributed by atoms with Gasteiger partial charge in [0.05, 0.1) is 25.4 Å². The van der Waals surface area contributed by atoms with E-state index in [0.29, 0.717) is 25.7 Å². The highest BCUT2D eigenvalue weighted by Gasteiger charge is 2.56. The molecule has 0 radical (unpaired) electrons. The van der Waals surface area contributed by atoms with Gasteiger partial charge in [0.25, 0.3) is 0 Å². The van der Waals surface area contributed by atoms with Crippen molar-refractivity contribution in [2.75, 3.05) is 19.8 Å². The molecule has 25 nitrogen and oxygen atoms in total. The predicted molar refractivity (Wildman–Crippen MR) is 206 cm³/mol. The van der Waals surface area contributed by atoms with Crippen LogP contribution in [0.2, 0.25) is 0 Å². The zero-order chi connectivity index (χ0) is 46.7. The van der Waals surface area contributed by atoms with Crippen molar-refractivity contribution in [3.63, 3.8) is 0 Å². The molecule has 0 spiro atoms. The molecule has 0 saturated carbocycles. The molecule has 4 heterocycles. The summed E-state index contributed by atoms with van der Waals surface area (Å²) in [6.45, 7) is 3.63. The van der Waals surface area contributed by atoms with Gasteiger partial charge in [-0.2, -0.15) is 0 Å². The van der Waals surface area contributed by atoms with Crippen LogP contribution >= 0.6 is 0 Å². The Kier molecular flexibility index (Phi) is 20.8. The van der Waals surface area contributed by atoms with E-state index in [9.17, 15) is 70.2 Å². The van der Waals surface area contributed by atoms with Crippen molar-refractivity contribution in [3.8, 4) is 0 Å². The standard InChI is InChI=1S/C38H65N3O22/c1-15(44)9-8-11-22(47)41-40-21(46)10-6-5-7-12-56-36-31(55)33(25(49)17(3)57-36)62-35-23(39-18(4)45)32(27(51)20(14-43)59-35)61-38-34(29(53)26(50)19(13-42)60-38)63-37-30(54)28(52)24(48)16(2)58-37/h16-17,19-20,23-38,42-43,48-55H,5-14H2,1-4H3,(H,39,45)(H,40,46)(H,41,47)/t16-,17-,19+,20+,23+,24-,25-,26-,27+,28+,29-,30+,31+,32+,33+,34+,35+,36+,37-,38+/m0/s1. The van der Waals surface area contributed by atoms with E-state index in [2.05, 4.69) is 16.2 Å². The van der Waals surface area contributed by atoms with E-state index in [1.165, 1.54) is 20.8 Å². The third-order valence-corrected chi connectivity index (χ3v) is 11.1. The highest BCUT2D eigenvalue weighted by molar-refractivity contribution is 5.82. The summed E-state index contributed by atoms with van der Waals surface area (Å²) >= 11 is 0. The molecule has 20 atom stereocenters. The molecular weight excluding hydrogens is 850 g/mol. The van der Waals surface area contributed by atoms with Gasteiger partial charge < -0.3 is 99.1 Å². The highest BCUT2D eigenvalue weighted by atomic mass is 16.8. The van der Waals surface area contributed by atoms with E-state index < -0.39 is 154 Å². The summed E-state index contributed by atoms with van der Waals surface area (Å²) in [5, 5.41) is 110. The fourth-order valence-electron chi connectivity index (χ4n) is 7.46. The average molecular weight is 916 g/mol. The molecule has 4 saturated heterocycles. The fraction of sp³-hybridized carbons (Fsp3) is 0.895. The summed E-state index contributed by atoms with van der Waals surface area (Å²) < 4.78 is 46.5. The van der Waals surface area contributed by atoms with Crippen molar-refractivity contribution in [2.24, 2.45) is 0 Å². The number of hydrogen-bond acceptors (Lipinski definition) is 22. The number of Topliss-reactive ketones (excluding diaryl/α,β-unsaturated/α-hetero) is 1. The minimum absolute atomic E-state index is 0.0241. The van der Waals surface area contributed by atoms with Gasteiger partial charge in [-0.25, -0.2) is 0 Å². The van der Waals surface area contributed by atoms with Crippen LogP contribution in [0.1, 0.15) is 72.6 Å². The maximum Gasteiger partial charge on any atom is 0.238 e. The summed E-state index contributed by atoms with van der Waals surface area (Å²) in [5.74, 6) is -1.62. The molecule has 4 rings (SSSR count). The molecule has 63 heavy (non-hydrogen) atoms. The number of ether oxygens (including phenoxy) is 8. The smallest absolute Gasteiger partial charge is 0.238 e. The van der Waals surface area contributed by atoms with Gasteiger partial charge in [-0.1, -0.05) is 6.42 Å². The summed E-state index contributed by atoms with van der Waals surface area (Å²) in [4.78, 5) is 47.6. The van der Waals surface area contributed by atoms with Crippen LogP contribution < -0.4 is 16.2 Å². The molecule has 0 aromatic carbocycles. The fourth-order valence-corrected chi connectivity index (χ4v) is 7.46. The van der Waals surface area contributed by atoms with Crippen LogP contribution in [0.3, 0.4) is 0 Å². The molecule has 0 unspecified atom stereocenters. The predicted octanol–water partition coefficient (Wildman–Crippen LogP) is -6.06. The van der Waals surface area contributed by atoms with Crippen molar-refractivity contribution in [1.29, 1.82) is 0 Å². The van der Waals surface area contributed by atoms with Gasteiger partial charge in [0.1, 0.15) is 91.2 Å². The molecule has 13 N–H and O–H groups in total. The summed E-state index contributed by atoms with van der Waals surface area (Å²) in [5.41, 5.74) is 4.60. The van der Waals surface area contributed by atoms with Crippen molar-refractivity contribution in [3.05, 3.63) is 0 Å². The minimum Gasteiger partial charge on any atom is -0.394 e. The lowest BCUT2D eigenvalue weighted by atomic mass is 9.94. The van der Waals surface area contributed by atoms with Gasteiger partial charge in [-0.15, -0.1) is 0 Å². The molecule has 364 valence electrons. The van der Waals surface area contributed by atoms with Crippen molar-refractivity contribution >= 4 is 23.5 Å². The lowest BCUT2D eigenvalue weighted by Gasteiger charge is -2.50. The van der Waals surface area contributed by atoms with Crippen LogP contribution in [-0.2, 0) is 57.1 Å². The summed E-state index contributed by atoms with van der Waals surface area (Å²) in [7, 11) is 0. The first-order valence-electron chi connectivity index (χ1n) is 21.0. The molecular formula is C38H65N3O22. The van der Waals surface area contributed by atoms with Gasteiger partial charge in [-0.3, -0.25) is 25.2 Å². The van der Waals surface area contributed by atoms with Crippen LogP contribution in [0, 0.1) is 0 Å². The van der Waals surface area contributed by atoms with Crippen molar-refractivity contribution in [2.45, 2.75) is 195 Å². The number of nitrogens with one attached hydrogen (secondary N) is 3. The van der Waals surface area contributed by atoms with E-state index in [1.54, 1.807) is 0 Å². The number of aliphatic hydroxyl groups is 10. The molecule has 0 aromatic rings. The largest absolute Gasteiger partial charge is 0.394 e. The molecule has 3 amide bonds. The lowest BCUT2D eigenvalue weighted by molar-refractivity contribution is -0.386. The molecule has 25 heteroatoms. The van der Waals surface area contributed by atoms with E-state index in [4.69, 9.17) is 37.9 Å². The monoisotopic (exact) mass is 915 g/mol. The number of ketones is 1. The molecule has 0 aromatic heterocycles. The normalized spacial score (nSPS) is 40.8. The Hall–Kier alpha value is -2.64. The Labute approximate surface area is 362 Å². The zero-order valence-electron chi connectivity index (χ0n) is 35.5. The van der Waals surface area contributed by atoms with Gasteiger partial charge in [0, 0.05) is 32.8 Å². The van der Waals surface area contributed by atoms with Crippen LogP contribution in [0.15, 0.2) is 0 Å². The van der Waals surface area contributed by atoms with Crippen LogP contribution in [0.5, 0.6) is 0 Å². The van der Waals surface area contributed by atoms with E-state index in [-0.39, 0.29) is 31.7 Å². The topological polar surface area (TPSA) is 381 Å². The quantitative estimate of drug-likeness (QED) is 0.0399. The number of carbonyl (C=O) groups excluding carboxylic acids is 4. The van der Waals surface area contributed by atoms with Crippen molar-refractivity contribution in [1.82, 2.24) is 16.2 Å². The van der Waals surface area contributed by atoms with Gasteiger partial charge >= 0.3 is 0 Å². The lowest BCUT2D eigenvalue weighted by Crippen LogP contribution is -2.70. The first-order chi connectivity index (χ1) is 29.8. The third-order valence-electron chi connectivity index (χ3n) is 11.1. The van der Waals surface area contributed by atoms with Gasteiger partial charge in [0.2, 0.25) is 17.7 Å². The van der Waals surface area contributed by atoms with E-state index in [1.807, 2.05) is 0 Å². The number of hydrogen-bond donors (Lipinski definition) is 13. The minimum atomic E-state index is -1.95. The first-order valence-corrected chi connectivity index (χ1v) is 21.0. The van der Waals surface area contributed by atoms with Crippen LogP contribution in [0.4, 0.5) is 0 Å². The maximum atomic E-state index is 12.6. The molecule has 0 bridgehead atoms. The van der Waals surface area contributed by atoms with E-state index in [0.717, 1.165) is 6.92 Å². The third kappa shape index (κ3) is 14.2. The van der Waals surface area contributed by atoms with Gasteiger partial charge in [0.15, 0.2) is 25.2 Å². The van der Waals surface area contributed by atoms with Crippen LogP contribution in [-0.4, -0.2) is 217 Å². The number of hydrazine groups is 1. The Bertz CT molecular complexity index is 1470. The molecule has 4 aliphatic rings. The second-order valence-corrected chi connectivity index (χ2v) is 16.2. The second kappa shape index (κ2) is 24.8.